The van der Waals surface area contributed by atoms with Crippen molar-refractivity contribution < 1.29 is 14.3 Å². The third-order valence-electron chi connectivity index (χ3n) is 5.91. The van der Waals surface area contributed by atoms with Crippen molar-refractivity contribution in [1.82, 2.24) is 9.80 Å². The number of fused-ring (bicyclic) bond motifs is 1. The number of carbonyl (C=O) groups excluding carboxylic acids is 1. The van der Waals surface area contributed by atoms with Gasteiger partial charge in [-0.3, -0.25) is 9.69 Å². The minimum atomic E-state index is 0.257. The second-order valence-corrected chi connectivity index (χ2v) is 7.40. The number of nitrogens with zero attached hydrogens (tertiary/aromatic N) is 2. The maximum absolute atomic E-state index is 12.9. The van der Waals surface area contributed by atoms with Gasteiger partial charge in [-0.2, -0.15) is 0 Å². The highest BCUT2D eigenvalue weighted by Gasteiger charge is 2.37. The van der Waals surface area contributed by atoms with E-state index < -0.39 is 0 Å². The quantitative estimate of drug-likeness (QED) is 0.834. The molecule has 0 radical (unpaired) electrons. The van der Waals surface area contributed by atoms with Crippen LogP contribution in [0.4, 0.5) is 0 Å². The van der Waals surface area contributed by atoms with Gasteiger partial charge in [0.15, 0.2) is 0 Å². The van der Waals surface area contributed by atoms with Gasteiger partial charge in [0.25, 0.3) is 0 Å². The van der Waals surface area contributed by atoms with E-state index in [9.17, 15) is 4.79 Å². The summed E-state index contributed by atoms with van der Waals surface area (Å²) in [5.74, 6) is 1.82. The fraction of sp³-hybridized carbons (Fsp3) is 0.650. The molecule has 3 aliphatic heterocycles. The van der Waals surface area contributed by atoms with Crippen LogP contribution in [0.5, 0.6) is 5.75 Å². The normalized spacial score (nSPS) is 26.5. The van der Waals surface area contributed by atoms with E-state index in [2.05, 4.69) is 22.8 Å². The van der Waals surface area contributed by atoms with E-state index in [-0.39, 0.29) is 5.91 Å². The van der Waals surface area contributed by atoms with Crippen LogP contribution >= 0.6 is 0 Å². The Morgan fingerprint density at radius 2 is 2.04 bits per heavy atom. The molecule has 0 spiro atoms. The van der Waals surface area contributed by atoms with Gasteiger partial charge < -0.3 is 14.4 Å². The Hall–Kier alpha value is -1.59. The topological polar surface area (TPSA) is 42.0 Å². The molecule has 1 amide bonds. The third-order valence-corrected chi connectivity index (χ3v) is 5.91. The molecule has 5 heteroatoms. The van der Waals surface area contributed by atoms with Crippen molar-refractivity contribution in [3.8, 4) is 5.75 Å². The summed E-state index contributed by atoms with van der Waals surface area (Å²) in [6.45, 7) is 8.39. The van der Waals surface area contributed by atoms with Gasteiger partial charge in [0, 0.05) is 38.6 Å². The molecule has 0 saturated carbocycles. The van der Waals surface area contributed by atoms with Crippen LogP contribution in [0.25, 0.3) is 0 Å². The summed E-state index contributed by atoms with van der Waals surface area (Å²) in [7, 11) is 0. The number of hydrogen-bond donors (Lipinski definition) is 0. The summed E-state index contributed by atoms with van der Waals surface area (Å²) >= 11 is 0. The van der Waals surface area contributed by atoms with Crippen LogP contribution in [0.3, 0.4) is 0 Å². The second-order valence-electron chi connectivity index (χ2n) is 7.40. The minimum Gasteiger partial charge on any atom is -0.493 e. The van der Waals surface area contributed by atoms with E-state index >= 15 is 0 Å². The number of morpholine rings is 1. The van der Waals surface area contributed by atoms with E-state index in [1.54, 1.807) is 0 Å². The van der Waals surface area contributed by atoms with Crippen LogP contribution in [0.15, 0.2) is 18.2 Å². The molecule has 1 aromatic carbocycles. The average Bonchev–Trinajstić information content (AvgIpc) is 3.28. The molecular formula is C20H28N2O3. The molecule has 0 unspecified atom stereocenters. The molecule has 3 heterocycles. The number of likely N-dealkylation sites (tertiary alicyclic amines) is 1. The van der Waals surface area contributed by atoms with E-state index in [0.717, 1.165) is 70.2 Å². The van der Waals surface area contributed by atoms with E-state index in [0.29, 0.717) is 18.4 Å². The smallest absolute Gasteiger partial charge is 0.227 e. The molecule has 25 heavy (non-hydrogen) atoms. The highest BCUT2D eigenvalue weighted by molar-refractivity contribution is 5.79. The fourth-order valence-electron chi connectivity index (χ4n) is 4.42. The van der Waals surface area contributed by atoms with Crippen molar-refractivity contribution in [3.63, 3.8) is 0 Å². The molecular weight excluding hydrogens is 316 g/mol. The maximum Gasteiger partial charge on any atom is 0.227 e. The lowest BCUT2D eigenvalue weighted by Crippen LogP contribution is -2.47. The molecule has 4 rings (SSSR count). The third kappa shape index (κ3) is 3.53. The average molecular weight is 344 g/mol. The van der Waals surface area contributed by atoms with Crippen LogP contribution in [-0.4, -0.2) is 67.7 Å². The molecule has 2 saturated heterocycles. The number of benzene rings is 1. The highest BCUT2D eigenvalue weighted by Crippen LogP contribution is 2.28. The Labute approximate surface area is 149 Å². The van der Waals surface area contributed by atoms with Gasteiger partial charge in [0.2, 0.25) is 5.91 Å². The lowest BCUT2D eigenvalue weighted by Gasteiger charge is -2.34. The molecule has 2 atom stereocenters. The molecule has 0 N–H and O–H groups in total. The first-order valence-corrected chi connectivity index (χ1v) is 9.58. The molecule has 5 nitrogen and oxygen atoms in total. The predicted molar refractivity (Wildman–Crippen MR) is 95.9 cm³/mol. The maximum atomic E-state index is 12.9. The zero-order valence-electron chi connectivity index (χ0n) is 15.1. The van der Waals surface area contributed by atoms with Gasteiger partial charge >= 0.3 is 0 Å². The summed E-state index contributed by atoms with van der Waals surface area (Å²) in [4.78, 5) is 17.5. The Kier molecular flexibility index (Phi) is 4.95. The lowest BCUT2D eigenvalue weighted by molar-refractivity contribution is -0.129. The van der Waals surface area contributed by atoms with E-state index in [1.807, 2.05) is 12.1 Å². The van der Waals surface area contributed by atoms with Crippen molar-refractivity contribution in [1.29, 1.82) is 0 Å². The van der Waals surface area contributed by atoms with Crippen molar-refractivity contribution in [2.24, 2.45) is 5.92 Å². The van der Waals surface area contributed by atoms with Crippen LogP contribution in [-0.2, 0) is 22.4 Å². The summed E-state index contributed by atoms with van der Waals surface area (Å²) in [6, 6.07) is 6.69. The number of ether oxygens (including phenoxy) is 2. The van der Waals surface area contributed by atoms with Gasteiger partial charge in [0.1, 0.15) is 5.75 Å². The monoisotopic (exact) mass is 344 g/mol. The number of amides is 1. The molecule has 2 fully saturated rings. The lowest BCUT2D eigenvalue weighted by atomic mass is 9.99. The largest absolute Gasteiger partial charge is 0.493 e. The number of carbonyl (C=O) groups is 1. The van der Waals surface area contributed by atoms with Crippen LogP contribution in [0.2, 0.25) is 0 Å². The van der Waals surface area contributed by atoms with Crippen LogP contribution in [0.1, 0.15) is 24.5 Å². The van der Waals surface area contributed by atoms with Crippen molar-refractivity contribution in [2.75, 3.05) is 46.0 Å². The molecule has 0 aromatic heterocycles. The van der Waals surface area contributed by atoms with Crippen LogP contribution < -0.4 is 4.74 Å². The van der Waals surface area contributed by atoms with Gasteiger partial charge in [-0.25, -0.2) is 0 Å². The summed E-state index contributed by atoms with van der Waals surface area (Å²) in [5, 5.41) is 0. The minimum absolute atomic E-state index is 0.257. The van der Waals surface area contributed by atoms with Crippen molar-refractivity contribution in [3.05, 3.63) is 29.3 Å². The van der Waals surface area contributed by atoms with Crippen LogP contribution in [0, 0.1) is 5.92 Å². The first-order valence-electron chi connectivity index (χ1n) is 9.58. The first-order chi connectivity index (χ1) is 12.2. The fourth-order valence-corrected chi connectivity index (χ4v) is 4.42. The SMILES string of the molecule is CC[C@H]1CN(C(=O)Cc2ccc3c(c2)CCO3)C[C@@H]1N1CCOCC1. The van der Waals surface area contributed by atoms with Crippen molar-refractivity contribution in [2.45, 2.75) is 32.2 Å². The van der Waals surface area contributed by atoms with Gasteiger partial charge in [-0.1, -0.05) is 25.5 Å². The summed E-state index contributed by atoms with van der Waals surface area (Å²) in [5.41, 5.74) is 2.35. The zero-order valence-corrected chi connectivity index (χ0v) is 15.1. The summed E-state index contributed by atoms with van der Waals surface area (Å²) in [6.07, 6.45) is 2.58. The van der Waals surface area contributed by atoms with E-state index in [4.69, 9.17) is 9.47 Å². The van der Waals surface area contributed by atoms with Crippen molar-refractivity contribution >= 4 is 5.91 Å². The molecule has 0 bridgehead atoms. The molecule has 136 valence electrons. The number of hydrogen-bond acceptors (Lipinski definition) is 4. The standard InChI is InChI=1S/C20H28N2O3/c1-2-16-13-22(14-18(16)21-6-9-24-10-7-21)20(23)12-15-3-4-19-17(11-15)5-8-25-19/h3-4,11,16,18H,2,5-10,12-14H2,1H3/t16-,18-/m0/s1. The Bertz CT molecular complexity index is 627. The van der Waals surface area contributed by atoms with Gasteiger partial charge in [0.05, 0.1) is 26.2 Å². The predicted octanol–water partition coefficient (Wildman–Crippen LogP) is 1.73. The molecule has 1 aromatic rings. The zero-order chi connectivity index (χ0) is 17.2. The Morgan fingerprint density at radius 1 is 1.20 bits per heavy atom. The van der Waals surface area contributed by atoms with E-state index in [1.165, 1.54) is 5.56 Å². The second kappa shape index (κ2) is 7.34. The molecule has 3 aliphatic rings. The Balaban J connectivity index is 1.40. The summed E-state index contributed by atoms with van der Waals surface area (Å²) < 4.78 is 11.0. The highest BCUT2D eigenvalue weighted by atomic mass is 16.5. The van der Waals surface area contributed by atoms with Gasteiger partial charge in [-0.15, -0.1) is 0 Å². The Morgan fingerprint density at radius 3 is 2.84 bits per heavy atom. The first kappa shape index (κ1) is 16.9. The molecule has 0 aliphatic carbocycles. The van der Waals surface area contributed by atoms with Gasteiger partial charge in [-0.05, 0) is 23.1 Å². The number of rotatable bonds is 4.